The molecule has 2 heterocycles. The number of rotatable bonds is 6. The van der Waals surface area contributed by atoms with Crippen LogP contribution in [0.5, 0.6) is 0 Å². The van der Waals surface area contributed by atoms with Gasteiger partial charge in [0.05, 0.1) is 17.6 Å². The summed E-state index contributed by atoms with van der Waals surface area (Å²) < 4.78 is 0. The highest BCUT2D eigenvalue weighted by atomic mass is 35.5. The van der Waals surface area contributed by atoms with Gasteiger partial charge in [-0.25, -0.2) is 14.8 Å². The van der Waals surface area contributed by atoms with Crippen LogP contribution < -0.4 is 5.73 Å². The number of hydrogen-bond acceptors (Lipinski definition) is 6. The maximum Gasteiger partial charge on any atom is 0.332 e. The van der Waals surface area contributed by atoms with Gasteiger partial charge in [-0.05, 0) is 41.5 Å². The Morgan fingerprint density at radius 1 is 1.16 bits per heavy atom. The van der Waals surface area contributed by atoms with Crippen molar-refractivity contribution < 1.29 is 14.7 Å². The van der Waals surface area contributed by atoms with Crippen LogP contribution in [0.2, 0.25) is 5.02 Å². The predicted octanol–water partition coefficient (Wildman–Crippen LogP) is 2.68. The molecule has 3 aromatic rings. The maximum atomic E-state index is 12.7. The molecule has 8 nitrogen and oxygen atoms in total. The molecule has 164 valence electrons. The summed E-state index contributed by atoms with van der Waals surface area (Å²) in [4.78, 5) is 36.3. The van der Waals surface area contributed by atoms with Crippen LogP contribution in [0.15, 0.2) is 54.4 Å². The number of nitrogen functional groups attached to an aromatic ring is 1. The summed E-state index contributed by atoms with van der Waals surface area (Å²) in [5.74, 6) is -0.630. The Hall–Kier alpha value is -3.49. The fourth-order valence-electron chi connectivity index (χ4n) is 3.68. The number of carboxylic acids is 1. The summed E-state index contributed by atoms with van der Waals surface area (Å²) in [6.45, 7) is 1.90. The molecule has 1 aliphatic rings. The van der Waals surface area contributed by atoms with Crippen LogP contribution in [0, 0.1) is 0 Å². The molecule has 0 saturated carbocycles. The van der Waals surface area contributed by atoms with Gasteiger partial charge in [0.2, 0.25) is 5.91 Å². The molecule has 1 fully saturated rings. The number of nitrogens with zero attached hydrogens (tertiary/aromatic N) is 4. The van der Waals surface area contributed by atoms with E-state index in [4.69, 9.17) is 17.3 Å². The van der Waals surface area contributed by atoms with E-state index in [2.05, 4.69) is 9.97 Å². The van der Waals surface area contributed by atoms with Gasteiger partial charge in [0.25, 0.3) is 0 Å². The fraction of sp³-hybridized carbons (Fsp3) is 0.217. The summed E-state index contributed by atoms with van der Waals surface area (Å²) in [5, 5.41) is 11.0. The molecule has 4 rings (SSSR count). The number of aromatic nitrogens is 2. The van der Waals surface area contributed by atoms with Crippen LogP contribution in [0.1, 0.15) is 11.1 Å². The molecule has 0 bridgehead atoms. The topological polar surface area (TPSA) is 113 Å². The average molecular weight is 452 g/mol. The molecule has 1 aromatic heterocycles. The van der Waals surface area contributed by atoms with Crippen molar-refractivity contribution in [3.05, 3.63) is 70.5 Å². The summed E-state index contributed by atoms with van der Waals surface area (Å²) in [6, 6.07) is 12.6. The van der Waals surface area contributed by atoms with Gasteiger partial charge in [0, 0.05) is 36.6 Å². The number of hydrogen-bond donors (Lipinski definition) is 2. The Balaban J connectivity index is 1.41. The highest BCUT2D eigenvalue weighted by Gasteiger charge is 2.25. The van der Waals surface area contributed by atoms with Crippen LogP contribution in [-0.4, -0.2) is 62.9 Å². The first-order valence-corrected chi connectivity index (χ1v) is 10.5. The van der Waals surface area contributed by atoms with Gasteiger partial charge < -0.3 is 15.7 Å². The van der Waals surface area contributed by atoms with Crippen molar-refractivity contribution in [2.75, 3.05) is 31.9 Å². The molecule has 2 aromatic carbocycles. The minimum Gasteiger partial charge on any atom is -0.478 e. The van der Waals surface area contributed by atoms with E-state index in [0.717, 1.165) is 22.0 Å². The number of carbonyl (C=O) groups excluding carboxylic acids is 1. The number of fused-ring (bicyclic) bond motifs is 1. The van der Waals surface area contributed by atoms with Crippen LogP contribution in [-0.2, 0) is 16.1 Å². The number of amides is 1. The van der Waals surface area contributed by atoms with E-state index < -0.39 is 5.97 Å². The second-order valence-corrected chi connectivity index (χ2v) is 8.10. The monoisotopic (exact) mass is 451 g/mol. The molecule has 0 spiro atoms. The van der Waals surface area contributed by atoms with Crippen molar-refractivity contribution in [1.82, 2.24) is 19.8 Å². The number of carboxylic acid groups (broad SMARTS) is 1. The van der Waals surface area contributed by atoms with Crippen molar-refractivity contribution in [3.63, 3.8) is 0 Å². The zero-order valence-electron chi connectivity index (χ0n) is 17.2. The first kappa shape index (κ1) is 21.7. The summed E-state index contributed by atoms with van der Waals surface area (Å²) in [5.41, 5.74) is 8.53. The Morgan fingerprint density at radius 3 is 2.66 bits per heavy atom. The smallest absolute Gasteiger partial charge is 0.332 e. The molecule has 3 N–H and O–H groups in total. The molecule has 32 heavy (non-hydrogen) atoms. The van der Waals surface area contributed by atoms with Gasteiger partial charge in [-0.3, -0.25) is 9.69 Å². The fourth-order valence-corrected chi connectivity index (χ4v) is 3.80. The van der Waals surface area contributed by atoms with Gasteiger partial charge in [-0.1, -0.05) is 29.8 Å². The lowest BCUT2D eigenvalue weighted by molar-refractivity contribution is -0.138. The van der Waals surface area contributed by atoms with E-state index >= 15 is 0 Å². The van der Waals surface area contributed by atoms with Crippen LogP contribution >= 0.6 is 11.6 Å². The zero-order valence-corrected chi connectivity index (χ0v) is 18.0. The highest BCUT2D eigenvalue weighted by Crippen LogP contribution is 2.20. The van der Waals surface area contributed by atoms with E-state index in [-0.39, 0.29) is 24.6 Å². The Labute approximate surface area is 189 Å². The van der Waals surface area contributed by atoms with E-state index in [9.17, 15) is 14.7 Å². The van der Waals surface area contributed by atoms with Crippen molar-refractivity contribution in [1.29, 1.82) is 0 Å². The molecular formula is C23H22ClN5O3. The number of piperazine rings is 1. The predicted molar refractivity (Wildman–Crippen MR) is 123 cm³/mol. The molecule has 0 unspecified atom stereocenters. The van der Waals surface area contributed by atoms with Crippen molar-refractivity contribution in [3.8, 4) is 0 Å². The minimum absolute atomic E-state index is 0.0465. The second kappa shape index (κ2) is 9.33. The molecule has 1 amide bonds. The van der Waals surface area contributed by atoms with Gasteiger partial charge in [0.15, 0.2) is 0 Å². The molecule has 0 atom stereocenters. The van der Waals surface area contributed by atoms with Crippen molar-refractivity contribution in [2.24, 2.45) is 0 Å². The molecule has 9 heteroatoms. The quantitative estimate of drug-likeness (QED) is 0.554. The number of nitrogens with two attached hydrogens (primary N) is 1. The van der Waals surface area contributed by atoms with Crippen molar-refractivity contribution >= 4 is 46.3 Å². The second-order valence-electron chi connectivity index (χ2n) is 7.66. The number of benzene rings is 2. The third kappa shape index (κ3) is 5.04. The third-order valence-corrected chi connectivity index (χ3v) is 5.63. The number of anilines is 1. The minimum atomic E-state index is -1.01. The average Bonchev–Trinajstić information content (AvgIpc) is 2.76. The largest absolute Gasteiger partial charge is 0.478 e. The first-order valence-electron chi connectivity index (χ1n) is 10.1. The maximum absolute atomic E-state index is 12.7. The van der Waals surface area contributed by atoms with Crippen molar-refractivity contribution in [2.45, 2.75) is 6.54 Å². The van der Waals surface area contributed by atoms with Gasteiger partial charge >= 0.3 is 5.97 Å². The molecule has 0 aliphatic carbocycles. The van der Waals surface area contributed by atoms with E-state index in [1.54, 1.807) is 35.2 Å². The number of carbonyl (C=O) groups is 2. The molecule has 1 aliphatic heterocycles. The SMILES string of the molecule is Nc1ncnc2cc(CN3CCN(C/C(=C/c4ccc(Cl)cc4)C(=O)O)CC3=O)ccc12. The zero-order chi connectivity index (χ0) is 22.7. The van der Waals surface area contributed by atoms with Crippen LogP contribution in [0.25, 0.3) is 17.0 Å². The summed E-state index contributed by atoms with van der Waals surface area (Å²) in [7, 11) is 0. The van der Waals surface area contributed by atoms with E-state index in [0.29, 0.717) is 30.5 Å². The summed E-state index contributed by atoms with van der Waals surface area (Å²) >= 11 is 5.89. The van der Waals surface area contributed by atoms with Gasteiger partial charge in [-0.15, -0.1) is 0 Å². The number of aliphatic carboxylic acids is 1. The lowest BCUT2D eigenvalue weighted by Gasteiger charge is -2.34. The lowest BCUT2D eigenvalue weighted by Crippen LogP contribution is -2.50. The van der Waals surface area contributed by atoms with E-state index in [1.165, 1.54) is 6.33 Å². The molecule has 0 radical (unpaired) electrons. The molecular weight excluding hydrogens is 430 g/mol. The van der Waals surface area contributed by atoms with Gasteiger partial charge in [0.1, 0.15) is 12.1 Å². The Kier molecular flexibility index (Phi) is 6.34. The van der Waals surface area contributed by atoms with Crippen LogP contribution in [0.4, 0.5) is 5.82 Å². The van der Waals surface area contributed by atoms with E-state index in [1.807, 2.05) is 23.1 Å². The Morgan fingerprint density at radius 2 is 1.94 bits per heavy atom. The first-order chi connectivity index (χ1) is 15.4. The third-order valence-electron chi connectivity index (χ3n) is 5.38. The Bertz CT molecular complexity index is 1200. The van der Waals surface area contributed by atoms with Gasteiger partial charge in [-0.2, -0.15) is 0 Å². The lowest BCUT2D eigenvalue weighted by atomic mass is 10.1. The highest BCUT2D eigenvalue weighted by molar-refractivity contribution is 6.30. The number of halogens is 1. The normalized spacial score (nSPS) is 15.3. The standard InChI is InChI=1S/C23H22ClN5O3/c24-18-4-1-15(2-5-18)9-17(23(31)32)12-28-7-8-29(21(30)13-28)11-16-3-6-19-20(10-16)26-14-27-22(19)25/h1-6,9-10,14H,7-8,11-13H2,(H,31,32)(H2,25,26,27)/b17-9-. The van der Waals surface area contributed by atoms with Crippen LogP contribution in [0.3, 0.4) is 0 Å². The molecule has 1 saturated heterocycles. The summed E-state index contributed by atoms with van der Waals surface area (Å²) in [6.07, 6.45) is 3.03.